The van der Waals surface area contributed by atoms with Crippen molar-refractivity contribution in [3.8, 4) is 22.3 Å². The van der Waals surface area contributed by atoms with E-state index in [1.807, 2.05) is 0 Å². The van der Waals surface area contributed by atoms with Gasteiger partial charge in [-0.25, -0.2) is 0 Å². The standard InChI is InChI=1S/C39H26.C10H8/c1-25-14-20-36(31-17-15-26-8-2-3-10-28(26)22-31)39-37(25)24-29-11-5-7-13-35(29)38(39)32-19-21-34-30(23-32)18-16-27-9-4-6-12-33(27)34;1-2-6-10-8-4-3-7-9(10)5-1/h2-24H,1H3;1-8H. The van der Waals surface area contributed by atoms with Crippen LogP contribution in [-0.2, 0) is 0 Å². The van der Waals surface area contributed by atoms with Gasteiger partial charge in [-0.05, 0) is 118 Å². The first kappa shape index (κ1) is 28.9. The summed E-state index contributed by atoms with van der Waals surface area (Å²) in [6.07, 6.45) is 0. The van der Waals surface area contributed by atoms with E-state index < -0.39 is 0 Å². The molecule has 0 bridgehead atoms. The van der Waals surface area contributed by atoms with Gasteiger partial charge in [-0.2, -0.15) is 0 Å². The van der Waals surface area contributed by atoms with E-state index in [0.717, 1.165) is 0 Å². The van der Waals surface area contributed by atoms with E-state index in [4.69, 9.17) is 0 Å². The zero-order chi connectivity index (χ0) is 32.7. The molecule has 0 fully saturated rings. The highest BCUT2D eigenvalue weighted by Crippen LogP contribution is 2.44. The van der Waals surface area contributed by atoms with Gasteiger partial charge in [-0.1, -0.05) is 170 Å². The Morgan fingerprint density at radius 2 is 0.755 bits per heavy atom. The lowest BCUT2D eigenvalue weighted by Gasteiger charge is -2.18. The predicted molar refractivity (Wildman–Crippen MR) is 214 cm³/mol. The lowest BCUT2D eigenvalue weighted by atomic mass is 9.85. The molecule has 0 aliphatic rings. The second-order valence-corrected chi connectivity index (χ2v) is 13.0. The van der Waals surface area contributed by atoms with Gasteiger partial charge in [0.1, 0.15) is 0 Å². The Morgan fingerprint density at radius 1 is 0.286 bits per heavy atom. The van der Waals surface area contributed by atoms with E-state index in [-0.39, 0.29) is 0 Å². The fourth-order valence-electron chi connectivity index (χ4n) is 7.52. The monoisotopic (exact) mass is 622 g/mol. The number of hydrogen-bond acceptors (Lipinski definition) is 0. The summed E-state index contributed by atoms with van der Waals surface area (Å²) in [5.41, 5.74) is 6.40. The third-order valence-electron chi connectivity index (χ3n) is 10.00. The fourth-order valence-corrected chi connectivity index (χ4v) is 7.52. The minimum atomic E-state index is 1.25. The molecule has 0 radical (unpaired) electrons. The van der Waals surface area contributed by atoms with E-state index in [2.05, 4.69) is 195 Å². The van der Waals surface area contributed by atoms with Gasteiger partial charge in [-0.3, -0.25) is 0 Å². The van der Waals surface area contributed by atoms with Gasteiger partial charge in [0, 0.05) is 0 Å². The molecule has 0 nitrogen and oxygen atoms in total. The molecule has 0 aliphatic carbocycles. The average Bonchev–Trinajstić information content (AvgIpc) is 3.17. The van der Waals surface area contributed by atoms with Gasteiger partial charge in [0.15, 0.2) is 0 Å². The lowest BCUT2D eigenvalue weighted by Crippen LogP contribution is -1.92. The fraction of sp³-hybridized carbons (Fsp3) is 0.0204. The third-order valence-corrected chi connectivity index (χ3v) is 10.00. The quantitative estimate of drug-likeness (QED) is 0.133. The van der Waals surface area contributed by atoms with Crippen molar-refractivity contribution in [3.63, 3.8) is 0 Å². The number of rotatable bonds is 2. The van der Waals surface area contributed by atoms with Crippen molar-refractivity contribution in [2.45, 2.75) is 6.92 Å². The van der Waals surface area contributed by atoms with Crippen LogP contribution in [0.5, 0.6) is 0 Å². The van der Waals surface area contributed by atoms with Crippen LogP contribution < -0.4 is 0 Å². The van der Waals surface area contributed by atoms with Crippen LogP contribution in [-0.4, -0.2) is 0 Å². The van der Waals surface area contributed by atoms with Crippen LogP contribution in [0.2, 0.25) is 0 Å². The maximum atomic E-state index is 2.38. The molecule has 0 saturated heterocycles. The summed E-state index contributed by atoms with van der Waals surface area (Å²) in [6, 6.07) is 68.2. The first-order chi connectivity index (χ1) is 24.2. The molecule has 0 heteroatoms. The predicted octanol–water partition coefficient (Wildman–Crippen LogP) is 13.9. The average molecular weight is 623 g/mol. The van der Waals surface area contributed by atoms with Crippen molar-refractivity contribution < 1.29 is 0 Å². The molecule has 0 aromatic heterocycles. The first-order valence-electron chi connectivity index (χ1n) is 17.0. The minimum Gasteiger partial charge on any atom is -0.0616 e. The van der Waals surface area contributed by atoms with Gasteiger partial charge in [0.25, 0.3) is 0 Å². The molecule has 10 aromatic carbocycles. The van der Waals surface area contributed by atoms with E-state index in [1.165, 1.54) is 92.5 Å². The Kier molecular flexibility index (Phi) is 7.14. The normalized spacial score (nSPS) is 11.4. The molecule has 0 N–H and O–H groups in total. The SMILES string of the molecule is Cc1ccc(-c2ccc3ccccc3c2)c2c(-c3ccc4c(ccc5ccccc54)c3)c3ccccc3cc12.c1ccc2ccccc2c1. The van der Waals surface area contributed by atoms with E-state index >= 15 is 0 Å². The first-order valence-corrected chi connectivity index (χ1v) is 17.0. The molecule has 0 unspecified atom stereocenters. The van der Waals surface area contributed by atoms with Gasteiger partial charge in [0.2, 0.25) is 0 Å². The molecule has 0 amide bonds. The van der Waals surface area contributed by atoms with Crippen molar-refractivity contribution in [1.82, 2.24) is 0 Å². The molecular weight excluding hydrogens is 589 g/mol. The van der Waals surface area contributed by atoms with E-state index in [9.17, 15) is 0 Å². The van der Waals surface area contributed by atoms with Crippen molar-refractivity contribution in [1.29, 1.82) is 0 Å². The van der Waals surface area contributed by atoms with Crippen LogP contribution >= 0.6 is 0 Å². The van der Waals surface area contributed by atoms with Crippen molar-refractivity contribution in [2.75, 3.05) is 0 Å². The molecule has 0 saturated carbocycles. The van der Waals surface area contributed by atoms with Crippen LogP contribution in [0.15, 0.2) is 188 Å². The van der Waals surface area contributed by atoms with Crippen LogP contribution in [0.3, 0.4) is 0 Å². The summed E-state index contributed by atoms with van der Waals surface area (Å²) in [6.45, 7) is 2.23. The molecule has 230 valence electrons. The Hall–Kier alpha value is -6.24. The van der Waals surface area contributed by atoms with Crippen molar-refractivity contribution in [3.05, 3.63) is 194 Å². The Morgan fingerprint density at radius 3 is 1.47 bits per heavy atom. The summed E-state index contributed by atoms with van der Waals surface area (Å²) >= 11 is 0. The second-order valence-electron chi connectivity index (χ2n) is 13.0. The number of hydrogen-bond donors (Lipinski definition) is 0. The molecule has 0 atom stereocenters. The smallest absolute Gasteiger partial charge is 0.00177 e. The van der Waals surface area contributed by atoms with Crippen molar-refractivity contribution in [2.24, 2.45) is 0 Å². The highest BCUT2D eigenvalue weighted by Gasteiger charge is 2.17. The van der Waals surface area contributed by atoms with Crippen LogP contribution in [0.4, 0.5) is 0 Å². The zero-order valence-corrected chi connectivity index (χ0v) is 27.4. The minimum absolute atomic E-state index is 1.25. The number of benzene rings is 10. The van der Waals surface area contributed by atoms with Crippen LogP contribution in [0, 0.1) is 6.92 Å². The molecule has 0 aliphatic heterocycles. The highest BCUT2D eigenvalue weighted by atomic mass is 14.2. The third kappa shape index (κ3) is 5.19. The van der Waals surface area contributed by atoms with Gasteiger partial charge in [0.05, 0.1) is 0 Å². The van der Waals surface area contributed by atoms with E-state index in [1.54, 1.807) is 0 Å². The molecular formula is C49H34. The summed E-state index contributed by atoms with van der Waals surface area (Å²) in [7, 11) is 0. The molecule has 0 spiro atoms. The van der Waals surface area contributed by atoms with Gasteiger partial charge >= 0.3 is 0 Å². The van der Waals surface area contributed by atoms with Crippen LogP contribution in [0.1, 0.15) is 5.56 Å². The number of aryl methyl sites for hydroxylation is 1. The largest absolute Gasteiger partial charge is 0.0616 e. The van der Waals surface area contributed by atoms with Crippen molar-refractivity contribution >= 4 is 64.6 Å². The Labute approximate surface area is 286 Å². The second kappa shape index (κ2) is 12.1. The number of fused-ring (bicyclic) bond motifs is 7. The summed E-state index contributed by atoms with van der Waals surface area (Å²) in [4.78, 5) is 0. The van der Waals surface area contributed by atoms with Gasteiger partial charge < -0.3 is 0 Å². The summed E-state index contributed by atoms with van der Waals surface area (Å²) in [5.74, 6) is 0. The summed E-state index contributed by atoms with van der Waals surface area (Å²) < 4.78 is 0. The maximum Gasteiger partial charge on any atom is -0.00177 e. The lowest BCUT2D eigenvalue weighted by molar-refractivity contribution is 1.53. The van der Waals surface area contributed by atoms with Crippen LogP contribution in [0.25, 0.3) is 86.9 Å². The Balaban J connectivity index is 0.000000278. The maximum absolute atomic E-state index is 2.38. The summed E-state index contributed by atoms with van der Waals surface area (Å²) in [5, 5.41) is 15.5. The highest BCUT2D eigenvalue weighted by molar-refractivity contribution is 6.19. The van der Waals surface area contributed by atoms with E-state index in [0.29, 0.717) is 0 Å². The molecule has 0 heterocycles. The molecule has 49 heavy (non-hydrogen) atoms. The topological polar surface area (TPSA) is 0 Å². The zero-order valence-electron chi connectivity index (χ0n) is 27.4. The Bertz CT molecular complexity index is 2770. The van der Waals surface area contributed by atoms with Gasteiger partial charge in [-0.15, -0.1) is 0 Å². The molecule has 10 rings (SSSR count). The molecule has 10 aromatic rings.